The maximum atomic E-state index is 5.35. The average molecular weight is 286 g/mol. The summed E-state index contributed by atoms with van der Waals surface area (Å²) in [5.74, 6) is 6.77. The van der Waals surface area contributed by atoms with Crippen LogP contribution in [0.1, 0.15) is 32.1 Å². The Morgan fingerprint density at radius 3 is 2.56 bits per heavy atom. The molecule has 1 aliphatic rings. The van der Waals surface area contributed by atoms with Gasteiger partial charge in [0.1, 0.15) is 16.6 Å². The van der Waals surface area contributed by atoms with E-state index in [9.17, 15) is 0 Å². The third-order valence-electron chi connectivity index (χ3n) is 2.87. The van der Waals surface area contributed by atoms with Crippen molar-refractivity contribution in [3.63, 3.8) is 0 Å². The van der Waals surface area contributed by atoms with Crippen molar-refractivity contribution in [3.8, 4) is 0 Å². The normalized spacial score (nSPS) is 17.1. The van der Waals surface area contributed by atoms with E-state index < -0.39 is 0 Å². The molecular formula is C10H16BrN5. The fourth-order valence-corrected chi connectivity index (χ4v) is 2.45. The number of nitrogens with one attached hydrogen (secondary N) is 2. The minimum absolute atomic E-state index is 0.519. The van der Waals surface area contributed by atoms with Gasteiger partial charge in [-0.1, -0.05) is 19.3 Å². The Bertz CT molecular complexity index is 351. The molecule has 0 radical (unpaired) electrons. The fraction of sp³-hybridized carbons (Fsp3) is 0.600. The van der Waals surface area contributed by atoms with E-state index in [2.05, 4.69) is 36.6 Å². The predicted octanol–water partition coefficient (Wildman–Crippen LogP) is 2.27. The van der Waals surface area contributed by atoms with Gasteiger partial charge in [-0.3, -0.25) is 0 Å². The van der Waals surface area contributed by atoms with Crippen molar-refractivity contribution in [1.82, 2.24) is 9.97 Å². The van der Waals surface area contributed by atoms with E-state index in [4.69, 9.17) is 5.84 Å². The standard InChI is InChI=1S/C10H16BrN5/c11-8-9(13-6-14-10(8)16-12)15-7-4-2-1-3-5-7/h6-7H,1-5,12H2,(H2,13,14,15,16). The molecular weight excluding hydrogens is 270 g/mol. The van der Waals surface area contributed by atoms with Crippen molar-refractivity contribution in [2.75, 3.05) is 10.7 Å². The van der Waals surface area contributed by atoms with Gasteiger partial charge in [0.2, 0.25) is 0 Å². The van der Waals surface area contributed by atoms with Gasteiger partial charge in [-0.15, -0.1) is 0 Å². The highest BCUT2D eigenvalue weighted by Crippen LogP contribution is 2.28. The molecule has 1 heterocycles. The number of hydrogen-bond acceptors (Lipinski definition) is 5. The van der Waals surface area contributed by atoms with Gasteiger partial charge in [0.15, 0.2) is 5.82 Å². The van der Waals surface area contributed by atoms with Gasteiger partial charge in [0.05, 0.1) is 0 Å². The van der Waals surface area contributed by atoms with Crippen LogP contribution in [0.2, 0.25) is 0 Å². The molecule has 0 saturated heterocycles. The van der Waals surface area contributed by atoms with Gasteiger partial charge >= 0.3 is 0 Å². The Labute approximate surface area is 103 Å². The molecule has 1 aliphatic carbocycles. The summed E-state index contributed by atoms with van der Waals surface area (Å²) in [6.07, 6.45) is 7.86. The lowest BCUT2D eigenvalue weighted by molar-refractivity contribution is 0.461. The zero-order valence-corrected chi connectivity index (χ0v) is 10.6. The summed E-state index contributed by atoms with van der Waals surface area (Å²) in [4.78, 5) is 8.23. The highest BCUT2D eigenvalue weighted by Gasteiger charge is 2.16. The van der Waals surface area contributed by atoms with Crippen molar-refractivity contribution in [2.45, 2.75) is 38.1 Å². The van der Waals surface area contributed by atoms with E-state index in [1.165, 1.54) is 38.4 Å². The lowest BCUT2D eigenvalue weighted by Crippen LogP contribution is -2.23. The fourth-order valence-electron chi connectivity index (χ4n) is 2.01. The van der Waals surface area contributed by atoms with Crippen LogP contribution in [0.4, 0.5) is 11.6 Å². The summed E-state index contributed by atoms with van der Waals surface area (Å²) in [6.45, 7) is 0. The van der Waals surface area contributed by atoms with E-state index >= 15 is 0 Å². The van der Waals surface area contributed by atoms with Crippen LogP contribution in [0.15, 0.2) is 10.8 Å². The van der Waals surface area contributed by atoms with Gasteiger partial charge in [-0.25, -0.2) is 15.8 Å². The quantitative estimate of drug-likeness (QED) is 0.587. The maximum Gasteiger partial charge on any atom is 0.159 e. The second-order valence-corrected chi connectivity index (χ2v) is 4.80. The Balaban J connectivity index is 2.08. The first-order valence-corrected chi connectivity index (χ1v) is 6.34. The number of rotatable bonds is 3. The van der Waals surface area contributed by atoms with Crippen molar-refractivity contribution in [2.24, 2.45) is 5.84 Å². The Morgan fingerprint density at radius 1 is 1.19 bits per heavy atom. The van der Waals surface area contributed by atoms with E-state index in [0.717, 1.165) is 10.3 Å². The zero-order valence-electron chi connectivity index (χ0n) is 9.04. The molecule has 1 aromatic rings. The number of anilines is 2. The zero-order chi connectivity index (χ0) is 11.4. The number of hydrogen-bond donors (Lipinski definition) is 3. The predicted molar refractivity (Wildman–Crippen MR) is 68.0 cm³/mol. The summed E-state index contributed by atoms with van der Waals surface area (Å²) in [6, 6.07) is 0.519. The molecule has 0 aliphatic heterocycles. The molecule has 1 aromatic heterocycles. The summed E-state index contributed by atoms with van der Waals surface area (Å²) in [7, 11) is 0. The minimum Gasteiger partial charge on any atom is -0.366 e. The molecule has 0 unspecified atom stereocenters. The summed E-state index contributed by atoms with van der Waals surface area (Å²) in [5, 5.41) is 3.43. The highest BCUT2D eigenvalue weighted by molar-refractivity contribution is 9.10. The number of aromatic nitrogens is 2. The molecule has 6 heteroatoms. The van der Waals surface area contributed by atoms with E-state index in [-0.39, 0.29) is 0 Å². The summed E-state index contributed by atoms with van der Waals surface area (Å²) >= 11 is 3.44. The maximum absolute atomic E-state index is 5.35. The SMILES string of the molecule is NNc1ncnc(NC2CCCCC2)c1Br. The molecule has 0 aromatic carbocycles. The van der Waals surface area contributed by atoms with Crippen LogP contribution in [0.25, 0.3) is 0 Å². The molecule has 0 bridgehead atoms. The molecule has 0 amide bonds. The molecule has 0 spiro atoms. The number of nitrogens with two attached hydrogens (primary N) is 1. The summed E-state index contributed by atoms with van der Waals surface area (Å²) in [5.41, 5.74) is 2.53. The molecule has 1 fully saturated rings. The number of nitrogens with zero attached hydrogens (tertiary/aromatic N) is 2. The summed E-state index contributed by atoms with van der Waals surface area (Å²) < 4.78 is 0.795. The monoisotopic (exact) mass is 285 g/mol. The first-order chi connectivity index (χ1) is 7.81. The molecule has 5 nitrogen and oxygen atoms in total. The van der Waals surface area contributed by atoms with E-state index in [1.54, 1.807) is 0 Å². The molecule has 1 saturated carbocycles. The van der Waals surface area contributed by atoms with Crippen LogP contribution in [0.3, 0.4) is 0 Å². The van der Waals surface area contributed by atoms with Gasteiger partial charge in [-0.05, 0) is 28.8 Å². The molecule has 0 atom stereocenters. The molecule has 2 rings (SSSR count). The van der Waals surface area contributed by atoms with Crippen molar-refractivity contribution < 1.29 is 0 Å². The molecule has 16 heavy (non-hydrogen) atoms. The van der Waals surface area contributed by atoms with Crippen LogP contribution >= 0.6 is 15.9 Å². The highest BCUT2D eigenvalue weighted by atomic mass is 79.9. The lowest BCUT2D eigenvalue weighted by atomic mass is 9.95. The van der Waals surface area contributed by atoms with Gasteiger partial charge in [0.25, 0.3) is 0 Å². The van der Waals surface area contributed by atoms with Crippen molar-refractivity contribution >= 4 is 27.6 Å². The minimum atomic E-state index is 0.519. The third kappa shape index (κ3) is 2.62. The van der Waals surface area contributed by atoms with Crippen LogP contribution in [-0.4, -0.2) is 16.0 Å². The molecule has 88 valence electrons. The Morgan fingerprint density at radius 2 is 1.88 bits per heavy atom. The average Bonchev–Trinajstić information content (AvgIpc) is 2.33. The number of halogens is 1. The molecule has 4 N–H and O–H groups in total. The van der Waals surface area contributed by atoms with Crippen LogP contribution in [0, 0.1) is 0 Å². The van der Waals surface area contributed by atoms with Crippen LogP contribution in [-0.2, 0) is 0 Å². The first-order valence-electron chi connectivity index (χ1n) is 5.55. The van der Waals surface area contributed by atoms with Crippen molar-refractivity contribution in [3.05, 3.63) is 10.8 Å². The largest absolute Gasteiger partial charge is 0.366 e. The smallest absolute Gasteiger partial charge is 0.159 e. The van der Waals surface area contributed by atoms with Crippen LogP contribution in [0.5, 0.6) is 0 Å². The second kappa shape index (κ2) is 5.45. The van der Waals surface area contributed by atoms with Crippen molar-refractivity contribution in [1.29, 1.82) is 0 Å². The van der Waals surface area contributed by atoms with E-state index in [0.29, 0.717) is 11.9 Å². The first kappa shape index (κ1) is 11.6. The lowest BCUT2D eigenvalue weighted by Gasteiger charge is -2.23. The number of nitrogen functional groups attached to an aromatic ring is 1. The topological polar surface area (TPSA) is 75.9 Å². The second-order valence-electron chi connectivity index (χ2n) is 4.01. The third-order valence-corrected chi connectivity index (χ3v) is 3.62. The Hall–Kier alpha value is -0.880. The van der Waals surface area contributed by atoms with Crippen LogP contribution < -0.4 is 16.6 Å². The number of hydrazine groups is 1. The van der Waals surface area contributed by atoms with Gasteiger partial charge in [0, 0.05) is 6.04 Å². The Kier molecular flexibility index (Phi) is 3.95. The van der Waals surface area contributed by atoms with Gasteiger partial charge in [-0.2, -0.15) is 0 Å². The van der Waals surface area contributed by atoms with E-state index in [1.807, 2.05) is 0 Å². The van der Waals surface area contributed by atoms with Gasteiger partial charge < -0.3 is 10.7 Å².